The molecule has 43 heavy (non-hydrogen) atoms. The number of hydrogen-bond donors (Lipinski definition) is 1. The van der Waals surface area contributed by atoms with Crippen LogP contribution in [-0.4, -0.2) is 71.3 Å². The van der Waals surface area contributed by atoms with Crippen molar-refractivity contribution in [1.29, 1.82) is 0 Å². The molecule has 6 rings (SSSR count). The monoisotopic (exact) mass is 596 g/mol. The van der Waals surface area contributed by atoms with Crippen LogP contribution in [0.4, 0.5) is 13.2 Å². The lowest BCUT2D eigenvalue weighted by Gasteiger charge is -2.64. The van der Waals surface area contributed by atoms with Gasteiger partial charge in [-0.2, -0.15) is 13.2 Å². The minimum atomic E-state index is -4.47. The second-order valence-corrected chi connectivity index (χ2v) is 12.3. The predicted octanol–water partition coefficient (Wildman–Crippen LogP) is 5.76. The van der Waals surface area contributed by atoms with Gasteiger partial charge in [-0.1, -0.05) is 37.6 Å². The summed E-state index contributed by atoms with van der Waals surface area (Å²) in [6.45, 7) is 7.92. The van der Waals surface area contributed by atoms with Crippen molar-refractivity contribution in [1.82, 2.24) is 9.80 Å². The smallest absolute Gasteiger partial charge is 0.416 e. The average molecular weight is 597 g/mol. The highest BCUT2D eigenvalue weighted by Gasteiger charge is 2.73. The fraction of sp³-hybridized carbons (Fsp3) is 0.500. The molecule has 0 radical (unpaired) electrons. The molecule has 2 heterocycles. The largest absolute Gasteiger partial charge is 0.493 e. The molecule has 2 aliphatic carbocycles. The van der Waals surface area contributed by atoms with E-state index in [1.807, 2.05) is 17.0 Å². The SMILES string of the molecule is C=CCN1CC[C@]23c4c5ccc(OC)c4O[C@H]2[C@H](N(CCCC)C(=O)C=Cc2cccc(C(F)(F)F)c2)CC[C@@]3(O)[C@H]1C5. The first kappa shape index (κ1) is 29.8. The van der Waals surface area contributed by atoms with Gasteiger partial charge in [0.15, 0.2) is 11.5 Å². The molecule has 2 aromatic carbocycles. The summed E-state index contributed by atoms with van der Waals surface area (Å²) in [6.07, 6.45) is 3.77. The topological polar surface area (TPSA) is 62.2 Å². The first-order valence-electron chi connectivity index (χ1n) is 15.2. The molecule has 6 nitrogen and oxygen atoms in total. The summed E-state index contributed by atoms with van der Waals surface area (Å²) < 4.78 is 52.4. The third-order valence-electron chi connectivity index (χ3n) is 10.2. The third kappa shape index (κ3) is 4.58. The number of likely N-dealkylation sites (tertiary alicyclic amines) is 1. The first-order valence-corrected chi connectivity index (χ1v) is 15.2. The van der Waals surface area contributed by atoms with Gasteiger partial charge in [-0.15, -0.1) is 6.58 Å². The van der Waals surface area contributed by atoms with Crippen LogP contribution in [0, 0.1) is 0 Å². The Bertz CT molecular complexity index is 1440. The zero-order chi connectivity index (χ0) is 30.6. The van der Waals surface area contributed by atoms with Crippen LogP contribution in [-0.2, 0) is 22.8 Å². The van der Waals surface area contributed by atoms with Crippen molar-refractivity contribution in [3.05, 3.63) is 77.4 Å². The summed E-state index contributed by atoms with van der Waals surface area (Å²) in [7, 11) is 1.61. The van der Waals surface area contributed by atoms with Gasteiger partial charge in [0, 0.05) is 30.8 Å². The van der Waals surface area contributed by atoms with Crippen molar-refractivity contribution >= 4 is 12.0 Å². The standard InChI is InChI=1S/C34H39F3N2O4/c1-4-6-18-39(28(40)13-10-22-8-7-9-24(20-22)34(35,36)37)25-14-15-33(41)27-21-23-11-12-26(42-3)30-29(23)32(33,31(25)43-30)16-19-38(27)17-5-2/h5,7-13,20,25,27,31,41H,2,4,6,14-19,21H2,1,3H3/t25-,27-,31+,32+,33-/m1/s1. The summed E-state index contributed by atoms with van der Waals surface area (Å²) >= 11 is 0. The Morgan fingerprint density at radius 3 is 2.81 bits per heavy atom. The van der Waals surface area contributed by atoms with Crippen LogP contribution in [0.2, 0.25) is 0 Å². The molecule has 0 unspecified atom stereocenters. The Balaban J connectivity index is 1.39. The van der Waals surface area contributed by atoms with Crippen LogP contribution in [0.5, 0.6) is 11.5 Å². The highest BCUT2D eigenvalue weighted by molar-refractivity contribution is 5.92. The lowest BCUT2D eigenvalue weighted by atomic mass is 9.48. The fourth-order valence-corrected chi connectivity index (χ4v) is 8.31. The van der Waals surface area contributed by atoms with E-state index in [4.69, 9.17) is 9.47 Å². The van der Waals surface area contributed by atoms with Gasteiger partial charge in [0.25, 0.3) is 0 Å². The Morgan fingerprint density at radius 2 is 2.09 bits per heavy atom. The molecular weight excluding hydrogens is 557 g/mol. The summed E-state index contributed by atoms with van der Waals surface area (Å²) in [5, 5.41) is 12.7. The molecule has 1 N–H and O–H groups in total. The Labute approximate surface area is 250 Å². The number of amides is 1. The van der Waals surface area contributed by atoms with E-state index in [1.54, 1.807) is 13.2 Å². The lowest BCUT2D eigenvalue weighted by Crippen LogP contribution is -2.78. The number of alkyl halides is 3. The van der Waals surface area contributed by atoms with Crippen molar-refractivity contribution in [3.8, 4) is 11.5 Å². The number of carbonyl (C=O) groups is 1. The van der Waals surface area contributed by atoms with E-state index in [9.17, 15) is 23.1 Å². The van der Waals surface area contributed by atoms with Gasteiger partial charge in [-0.05, 0) is 74.1 Å². The molecular formula is C34H39F3N2O4. The molecule has 1 amide bonds. The van der Waals surface area contributed by atoms with Crippen LogP contribution in [0.15, 0.2) is 55.1 Å². The van der Waals surface area contributed by atoms with Gasteiger partial charge in [-0.3, -0.25) is 9.69 Å². The van der Waals surface area contributed by atoms with Crippen LogP contribution < -0.4 is 9.47 Å². The Kier molecular flexibility index (Phi) is 7.62. The van der Waals surface area contributed by atoms with Gasteiger partial charge in [0.05, 0.1) is 29.7 Å². The second-order valence-electron chi connectivity index (χ2n) is 12.3. The number of nitrogens with zero attached hydrogens (tertiary/aromatic N) is 2. The Morgan fingerprint density at radius 1 is 1.28 bits per heavy atom. The minimum Gasteiger partial charge on any atom is -0.493 e. The summed E-state index contributed by atoms with van der Waals surface area (Å²) in [5.41, 5.74) is -0.0799. The third-order valence-corrected chi connectivity index (χ3v) is 10.2. The maximum Gasteiger partial charge on any atom is 0.416 e. The molecule has 5 atom stereocenters. The zero-order valence-electron chi connectivity index (χ0n) is 24.7. The van der Waals surface area contributed by atoms with E-state index in [1.165, 1.54) is 18.2 Å². The zero-order valence-corrected chi connectivity index (χ0v) is 24.7. The van der Waals surface area contributed by atoms with Crippen molar-refractivity contribution in [3.63, 3.8) is 0 Å². The van der Waals surface area contributed by atoms with Crippen molar-refractivity contribution in [2.45, 2.75) is 80.8 Å². The molecule has 2 fully saturated rings. The van der Waals surface area contributed by atoms with Gasteiger partial charge in [0.2, 0.25) is 5.91 Å². The molecule has 1 spiro atoms. The van der Waals surface area contributed by atoms with Crippen LogP contribution in [0.1, 0.15) is 61.3 Å². The van der Waals surface area contributed by atoms with Crippen molar-refractivity contribution in [2.24, 2.45) is 0 Å². The summed E-state index contributed by atoms with van der Waals surface area (Å²) in [5.74, 6) is 1.00. The van der Waals surface area contributed by atoms with Crippen molar-refractivity contribution < 1.29 is 32.5 Å². The molecule has 2 aliphatic heterocycles. The number of ether oxygens (including phenoxy) is 2. The van der Waals surface area contributed by atoms with E-state index in [0.29, 0.717) is 55.8 Å². The molecule has 2 bridgehead atoms. The summed E-state index contributed by atoms with van der Waals surface area (Å²) in [6, 6.07) is 8.52. The van der Waals surface area contributed by atoms with E-state index in [0.717, 1.165) is 42.6 Å². The van der Waals surface area contributed by atoms with E-state index < -0.39 is 28.9 Å². The number of halogens is 3. The number of methoxy groups -OCH3 is 1. The fourth-order valence-electron chi connectivity index (χ4n) is 8.31. The predicted molar refractivity (Wildman–Crippen MR) is 158 cm³/mol. The lowest BCUT2D eigenvalue weighted by molar-refractivity contribution is -0.199. The maximum absolute atomic E-state index is 13.9. The molecule has 2 aromatic rings. The van der Waals surface area contributed by atoms with Gasteiger partial charge < -0.3 is 19.5 Å². The summed E-state index contributed by atoms with van der Waals surface area (Å²) in [4.78, 5) is 18.0. The highest BCUT2D eigenvalue weighted by Crippen LogP contribution is 2.66. The number of piperidine rings is 1. The van der Waals surface area contributed by atoms with Gasteiger partial charge >= 0.3 is 6.18 Å². The van der Waals surface area contributed by atoms with Crippen LogP contribution in [0.3, 0.4) is 0 Å². The number of carbonyl (C=O) groups excluding carboxylic acids is 1. The van der Waals surface area contributed by atoms with E-state index in [2.05, 4.69) is 24.5 Å². The van der Waals surface area contributed by atoms with Crippen molar-refractivity contribution in [2.75, 3.05) is 26.7 Å². The number of hydrogen-bond acceptors (Lipinski definition) is 5. The quantitative estimate of drug-likeness (QED) is 0.295. The van der Waals surface area contributed by atoms with Crippen LogP contribution >= 0.6 is 0 Å². The normalized spacial score (nSPS) is 29.2. The van der Waals surface area contributed by atoms with Gasteiger partial charge in [-0.25, -0.2) is 0 Å². The second kappa shape index (κ2) is 11.0. The average Bonchev–Trinajstić information content (AvgIpc) is 3.34. The molecule has 9 heteroatoms. The number of rotatable bonds is 9. The molecule has 230 valence electrons. The molecule has 1 saturated heterocycles. The van der Waals surface area contributed by atoms with Gasteiger partial charge in [0.1, 0.15) is 6.10 Å². The van der Waals surface area contributed by atoms with Crippen LogP contribution in [0.25, 0.3) is 6.08 Å². The van der Waals surface area contributed by atoms with E-state index >= 15 is 0 Å². The molecule has 4 aliphatic rings. The highest BCUT2D eigenvalue weighted by atomic mass is 19.4. The number of aliphatic hydroxyl groups is 1. The van der Waals surface area contributed by atoms with E-state index in [-0.39, 0.29) is 18.0 Å². The Hall–Kier alpha value is -3.30. The number of benzene rings is 2. The first-order chi connectivity index (χ1) is 20.6. The minimum absolute atomic E-state index is 0.112. The maximum atomic E-state index is 13.9. The molecule has 1 saturated carbocycles. The number of unbranched alkanes of at least 4 members (excludes halogenated alkanes) is 1. The molecule has 0 aromatic heterocycles.